The van der Waals surface area contributed by atoms with Crippen LogP contribution in [0.4, 0.5) is 29.2 Å². The molecule has 80 heavy (non-hydrogen) atoms. The number of aliphatic hydroxyl groups is 2. The molecule has 0 spiro atoms. The van der Waals surface area contributed by atoms with Gasteiger partial charge in [-0.05, 0) is 76.2 Å². The smallest absolute Gasteiger partial charge is 0.351 e. The van der Waals surface area contributed by atoms with Gasteiger partial charge in [0.05, 0.1) is 20.3 Å². The molecule has 0 bridgehead atoms. The van der Waals surface area contributed by atoms with E-state index in [4.69, 9.17) is 29.4 Å². The third-order valence-electron chi connectivity index (χ3n) is 14.1. The predicted molar refractivity (Wildman–Crippen MR) is 288 cm³/mol. The number of aliphatic hydroxyl groups excluding tert-OH is 2. The summed E-state index contributed by atoms with van der Waals surface area (Å²) in [6.07, 6.45) is -10.6. The van der Waals surface area contributed by atoms with Crippen molar-refractivity contribution in [3.8, 4) is 11.5 Å². The number of rotatable bonds is 17. The lowest BCUT2D eigenvalue weighted by Gasteiger charge is -2.39. The molecule has 16 nitrogen and oxygen atoms in total. The van der Waals surface area contributed by atoms with E-state index in [-0.39, 0.29) is 24.3 Å². The summed E-state index contributed by atoms with van der Waals surface area (Å²) in [5.41, 5.74) is 4.44. The molecule has 4 heterocycles. The highest BCUT2D eigenvalue weighted by atomic mass is 19.3. The summed E-state index contributed by atoms with van der Waals surface area (Å²) >= 11 is 0. The van der Waals surface area contributed by atoms with E-state index in [0.717, 1.165) is 29.0 Å². The number of aromatic nitrogens is 4. The van der Waals surface area contributed by atoms with Gasteiger partial charge in [0.25, 0.3) is 0 Å². The second kappa shape index (κ2) is 23.4. The topological polar surface area (TPSA) is 212 Å². The summed E-state index contributed by atoms with van der Waals surface area (Å²) in [6, 6.07) is 54.1. The maximum Gasteiger partial charge on any atom is 0.351 e. The third kappa shape index (κ3) is 10.6. The molecule has 2 aromatic heterocycles. The van der Waals surface area contributed by atoms with Gasteiger partial charge < -0.3 is 49.7 Å². The normalized spacial score (nSPS) is 20.7. The highest BCUT2D eigenvalue weighted by molar-refractivity contribution is 5.60. The molecule has 5 N–H and O–H groups in total. The second-order valence-electron chi connectivity index (χ2n) is 18.9. The summed E-state index contributed by atoms with van der Waals surface area (Å²) in [7, 11) is 3.11. The van der Waals surface area contributed by atoms with Gasteiger partial charge in [-0.2, -0.15) is 27.5 Å². The largest absolute Gasteiger partial charge is 0.497 e. The minimum absolute atomic E-state index is 0.104. The van der Waals surface area contributed by atoms with E-state index in [2.05, 4.69) is 15.3 Å². The fourth-order valence-electron chi connectivity index (χ4n) is 10.1. The highest BCUT2D eigenvalue weighted by Crippen LogP contribution is 2.51. The van der Waals surface area contributed by atoms with Crippen LogP contribution in [0.5, 0.6) is 11.5 Å². The molecule has 1 unspecified atom stereocenters. The number of halogens is 4. The van der Waals surface area contributed by atoms with Gasteiger partial charge in [0.2, 0.25) is 12.5 Å². The minimum atomic E-state index is -3.94. The summed E-state index contributed by atoms with van der Waals surface area (Å²) in [5.74, 6) is -6.48. The molecule has 2 fully saturated rings. The molecule has 20 heteroatoms. The van der Waals surface area contributed by atoms with Crippen LogP contribution in [0.3, 0.4) is 0 Å². The highest BCUT2D eigenvalue weighted by Gasteiger charge is 2.64. The van der Waals surface area contributed by atoms with Gasteiger partial charge in [0.15, 0.2) is 18.5 Å². The van der Waals surface area contributed by atoms with Crippen molar-refractivity contribution in [1.29, 1.82) is 0 Å². The number of alkyl halides is 4. The van der Waals surface area contributed by atoms with E-state index in [1.54, 1.807) is 86.8 Å². The lowest BCUT2D eigenvalue weighted by atomic mass is 9.77. The number of carbonyl (C=O) groups excluding carboxylic acids is 1. The van der Waals surface area contributed by atoms with E-state index in [9.17, 15) is 33.4 Å². The van der Waals surface area contributed by atoms with Gasteiger partial charge in [0, 0.05) is 12.4 Å². The van der Waals surface area contributed by atoms with Gasteiger partial charge in [0.1, 0.15) is 46.5 Å². The van der Waals surface area contributed by atoms with Crippen LogP contribution in [-0.4, -0.2) is 92.2 Å². The number of nitrogens with zero attached hydrogens (tertiary/aromatic N) is 4. The Bertz CT molecular complexity index is 3400. The van der Waals surface area contributed by atoms with Crippen LogP contribution in [0.1, 0.15) is 59.2 Å². The fourth-order valence-corrected chi connectivity index (χ4v) is 10.1. The molecule has 414 valence electrons. The zero-order valence-electron chi connectivity index (χ0n) is 43.3. The number of carbonyl (C=O) groups is 1. The van der Waals surface area contributed by atoms with E-state index < -0.39 is 77.3 Å². The van der Waals surface area contributed by atoms with Gasteiger partial charge >= 0.3 is 23.2 Å². The first-order chi connectivity index (χ1) is 38.5. The Morgan fingerprint density at radius 3 is 1.51 bits per heavy atom. The Morgan fingerprint density at radius 2 is 1.06 bits per heavy atom. The van der Waals surface area contributed by atoms with E-state index in [0.29, 0.717) is 37.3 Å². The number of hydrogen-bond donors (Lipinski definition) is 4. The Balaban J connectivity index is 0.000000326. The quantitative estimate of drug-likeness (QED) is 0.0384. The molecule has 0 amide bonds. The maximum atomic E-state index is 17.2. The third-order valence-corrected chi connectivity index (χ3v) is 14.1. The number of benzene rings is 6. The first kappa shape index (κ1) is 56.2. The van der Waals surface area contributed by atoms with Crippen molar-refractivity contribution in [1.82, 2.24) is 19.1 Å². The van der Waals surface area contributed by atoms with Crippen molar-refractivity contribution in [2.45, 2.75) is 79.3 Å². The Kier molecular flexibility index (Phi) is 16.5. The molecule has 0 radical (unpaired) electrons. The maximum absolute atomic E-state index is 17.2. The van der Waals surface area contributed by atoms with Crippen LogP contribution < -0.4 is 31.9 Å². The number of ether oxygens (including phenoxy) is 5. The monoisotopic (exact) mass is 1100 g/mol. The zero-order chi connectivity index (χ0) is 56.8. The number of hydrogen-bond acceptors (Lipinski definition) is 14. The van der Waals surface area contributed by atoms with Crippen LogP contribution in [0.25, 0.3) is 0 Å². The van der Waals surface area contributed by atoms with Gasteiger partial charge in [-0.15, -0.1) is 0 Å². The van der Waals surface area contributed by atoms with Crippen LogP contribution in [0.2, 0.25) is 0 Å². The molecule has 0 saturated carbocycles. The van der Waals surface area contributed by atoms with Crippen molar-refractivity contribution in [2.75, 3.05) is 25.3 Å². The number of methoxy groups -OCH3 is 2. The van der Waals surface area contributed by atoms with Crippen LogP contribution >= 0.6 is 0 Å². The van der Waals surface area contributed by atoms with Crippen molar-refractivity contribution in [2.24, 2.45) is 0 Å². The van der Waals surface area contributed by atoms with Crippen LogP contribution in [-0.2, 0) is 30.1 Å². The van der Waals surface area contributed by atoms with Crippen molar-refractivity contribution in [3.05, 3.63) is 249 Å². The molecule has 10 rings (SSSR count). The summed E-state index contributed by atoms with van der Waals surface area (Å²) in [6.45, 7) is 1.56. The fraction of sp³-hybridized carbons (Fsp3) is 0.250. The molecule has 2 aliphatic heterocycles. The van der Waals surface area contributed by atoms with E-state index in [1.807, 2.05) is 97.1 Å². The zero-order valence-corrected chi connectivity index (χ0v) is 43.3. The number of nitrogens with one attached hydrogen (secondary N) is 1. The van der Waals surface area contributed by atoms with Crippen molar-refractivity contribution < 1.29 is 56.3 Å². The lowest BCUT2D eigenvalue weighted by molar-refractivity contribution is -0.180. The molecular formula is C60H56F4N6O10. The second-order valence-corrected chi connectivity index (χ2v) is 18.9. The number of nitrogens with two attached hydrogens (primary N) is 1. The molecule has 7 atom stereocenters. The Labute approximate surface area is 456 Å². The van der Waals surface area contributed by atoms with E-state index >= 15 is 8.78 Å². The summed E-state index contributed by atoms with van der Waals surface area (Å²) in [4.78, 5) is 46.0. The SMILES string of the molecule is CCC(O)[C@H]1O[C@@H](n2ccc(N)nc2=O)C(F)(F)[C@@H]1O.COc1ccc(C(Nc2ccn([C@@H]3O[C@H](C=O)[C@@H](OC(c4ccccc4)(c4ccccc4)c4ccc(OC)cc4)C3(F)F)c(=O)n2)(c2ccccc2)c2ccccc2)cc1. The lowest BCUT2D eigenvalue weighted by Crippen LogP contribution is -2.48. The molecule has 6 aromatic carbocycles. The average Bonchev–Trinajstić information content (AvgIpc) is 3.92. The Morgan fingerprint density at radius 1 is 0.637 bits per heavy atom. The molecule has 2 saturated heterocycles. The van der Waals surface area contributed by atoms with Crippen molar-refractivity contribution in [3.63, 3.8) is 0 Å². The molecule has 8 aromatic rings. The molecule has 0 aliphatic carbocycles. The number of anilines is 2. The Hall–Kier alpha value is -8.53. The molecular weight excluding hydrogens is 1040 g/mol. The predicted octanol–water partition coefficient (Wildman–Crippen LogP) is 8.26. The van der Waals surface area contributed by atoms with Crippen LogP contribution in [0, 0.1) is 0 Å². The van der Waals surface area contributed by atoms with Crippen molar-refractivity contribution >= 4 is 17.9 Å². The van der Waals surface area contributed by atoms with Crippen LogP contribution in [0.15, 0.2) is 204 Å². The minimum Gasteiger partial charge on any atom is -0.497 e. The standard InChI is InChI=1S/C49H41F2N3O6.C11H15F2N3O4/c1-57-40-27-23-36(24-28-40)47(34-15-7-3-8-16-34,35-17-9-4-10-18-35)53-43-31-32-54(46(56)52-43)45-49(50,51)44(42(33-55)59-45)60-48(37-19-11-5-12-20-37,38-21-13-6-14-22-38)39-25-29-41(58-2)30-26-39;1-2-5(17)7-8(18)11(12,13)9(20-7)16-4-3-6(14)15-10(16)19/h3-33,42,44-45H,1-2H3,(H,52,53,56);3-5,7-9,17-18H,2H2,1H3,(H2,14,15,19)/t42-,44-,45-;5?,7-,8-,9-/m11/s1. The first-order valence-electron chi connectivity index (χ1n) is 25.3. The van der Waals surface area contributed by atoms with Gasteiger partial charge in [-0.3, -0.25) is 9.13 Å². The number of aldehydes is 1. The van der Waals surface area contributed by atoms with E-state index in [1.165, 1.54) is 19.4 Å². The first-order valence-corrected chi connectivity index (χ1v) is 25.3. The molecule has 2 aliphatic rings. The van der Waals surface area contributed by atoms with Gasteiger partial charge in [-0.1, -0.05) is 153 Å². The average molecular weight is 1100 g/mol. The number of nitrogen functional groups attached to an aromatic ring is 1. The van der Waals surface area contributed by atoms with Gasteiger partial charge in [-0.25, -0.2) is 9.59 Å². The summed E-state index contributed by atoms with van der Waals surface area (Å²) in [5, 5.41) is 22.7. The summed E-state index contributed by atoms with van der Waals surface area (Å²) < 4.78 is 92.0.